The molecule has 0 radical (unpaired) electrons. The van der Waals surface area contributed by atoms with Gasteiger partial charge in [-0.25, -0.2) is 0 Å². The average molecular weight is 374 g/mol. The summed E-state index contributed by atoms with van der Waals surface area (Å²) in [5.41, 5.74) is 2.83. The number of nitrogens with zero attached hydrogens (tertiary/aromatic N) is 1. The van der Waals surface area contributed by atoms with Crippen LogP contribution in [0.25, 0.3) is 11.1 Å². The minimum atomic E-state index is -1.15. The topological polar surface area (TPSA) is 86.7 Å². The van der Waals surface area contributed by atoms with Crippen molar-refractivity contribution in [2.75, 3.05) is 6.54 Å². The van der Waals surface area contributed by atoms with E-state index in [9.17, 15) is 19.5 Å². The number of likely N-dealkylation sites (tertiary alicyclic amines) is 1. The third-order valence-corrected chi connectivity index (χ3v) is 5.46. The number of hydrogen-bond donors (Lipinski definition) is 2. The maximum absolute atomic E-state index is 12.8. The minimum absolute atomic E-state index is 0.142. The Morgan fingerprint density at radius 3 is 2.21 bits per heavy atom. The largest absolute Gasteiger partial charge is 0.480 e. The SMILES string of the molecule is C#CCN1C(=O)C2C(C(=O)O)NC(c3ccc(-c4ccccc4)cc3)C2C1=O. The highest BCUT2D eigenvalue weighted by atomic mass is 16.4. The van der Waals surface area contributed by atoms with Gasteiger partial charge in [0.25, 0.3) is 0 Å². The first-order chi connectivity index (χ1) is 13.5. The van der Waals surface area contributed by atoms with Gasteiger partial charge in [-0.2, -0.15) is 0 Å². The van der Waals surface area contributed by atoms with E-state index < -0.39 is 41.7 Å². The summed E-state index contributed by atoms with van der Waals surface area (Å²) in [4.78, 5) is 38.1. The fourth-order valence-electron chi connectivity index (χ4n) is 4.17. The lowest BCUT2D eigenvalue weighted by Crippen LogP contribution is -2.43. The van der Waals surface area contributed by atoms with Crippen molar-refractivity contribution < 1.29 is 19.5 Å². The molecule has 2 aromatic carbocycles. The molecule has 0 bridgehead atoms. The molecule has 0 aromatic heterocycles. The van der Waals surface area contributed by atoms with E-state index >= 15 is 0 Å². The Labute approximate surface area is 162 Å². The predicted octanol–water partition coefficient (Wildman–Crippen LogP) is 1.69. The molecule has 2 N–H and O–H groups in total. The first-order valence-corrected chi connectivity index (χ1v) is 8.96. The molecule has 2 fully saturated rings. The van der Waals surface area contributed by atoms with Gasteiger partial charge in [0.1, 0.15) is 6.04 Å². The van der Waals surface area contributed by atoms with Crippen LogP contribution in [0.5, 0.6) is 0 Å². The number of carboxylic acids is 1. The number of hydrogen-bond acceptors (Lipinski definition) is 4. The Kier molecular flexibility index (Phi) is 4.46. The second-order valence-corrected chi connectivity index (χ2v) is 6.97. The van der Waals surface area contributed by atoms with Crippen LogP contribution in [-0.2, 0) is 14.4 Å². The van der Waals surface area contributed by atoms with Crippen molar-refractivity contribution in [3.8, 4) is 23.5 Å². The van der Waals surface area contributed by atoms with Crippen LogP contribution in [0.2, 0.25) is 0 Å². The standard InChI is InChI=1S/C22H18N2O4/c1-2-12-24-20(25)16-17(21(24)26)19(22(27)28)23-18(16)15-10-8-14(9-11-15)13-6-4-3-5-7-13/h1,3-11,16-19,23H,12H2,(H,27,28). The van der Waals surface area contributed by atoms with E-state index in [1.54, 1.807) is 0 Å². The zero-order chi connectivity index (χ0) is 19.8. The van der Waals surface area contributed by atoms with Gasteiger partial charge in [-0.05, 0) is 16.7 Å². The number of carbonyl (C=O) groups excluding carboxylic acids is 2. The van der Waals surface area contributed by atoms with Gasteiger partial charge in [0.2, 0.25) is 11.8 Å². The fourth-order valence-corrected chi connectivity index (χ4v) is 4.17. The number of nitrogens with one attached hydrogen (secondary N) is 1. The molecule has 6 nitrogen and oxygen atoms in total. The summed E-state index contributed by atoms with van der Waals surface area (Å²) in [6.07, 6.45) is 5.27. The molecule has 2 amide bonds. The van der Waals surface area contributed by atoms with E-state index in [1.165, 1.54) is 0 Å². The molecule has 2 aromatic rings. The fraction of sp³-hybridized carbons (Fsp3) is 0.227. The molecule has 28 heavy (non-hydrogen) atoms. The molecule has 4 rings (SSSR count). The van der Waals surface area contributed by atoms with Crippen LogP contribution in [0.3, 0.4) is 0 Å². The number of imide groups is 1. The Morgan fingerprint density at radius 1 is 1.00 bits per heavy atom. The summed E-state index contributed by atoms with van der Waals surface area (Å²) in [5.74, 6) is -1.50. The quantitative estimate of drug-likeness (QED) is 0.628. The monoisotopic (exact) mass is 374 g/mol. The third kappa shape index (κ3) is 2.77. The molecular formula is C22H18N2O4. The second kappa shape index (κ2) is 6.95. The van der Waals surface area contributed by atoms with Crippen LogP contribution in [0, 0.1) is 24.2 Å². The van der Waals surface area contributed by atoms with Gasteiger partial charge in [-0.3, -0.25) is 24.6 Å². The molecule has 0 saturated carbocycles. The average Bonchev–Trinajstić information content (AvgIpc) is 3.22. The van der Waals surface area contributed by atoms with E-state index in [2.05, 4.69) is 11.2 Å². The van der Waals surface area contributed by atoms with Gasteiger partial charge in [0.05, 0.1) is 18.4 Å². The van der Waals surface area contributed by atoms with Gasteiger partial charge in [0, 0.05) is 6.04 Å². The maximum atomic E-state index is 12.8. The van der Waals surface area contributed by atoms with E-state index in [0.29, 0.717) is 0 Å². The number of terminal acetylenes is 1. The highest BCUT2D eigenvalue weighted by Crippen LogP contribution is 2.44. The first-order valence-electron chi connectivity index (χ1n) is 8.96. The number of benzene rings is 2. The molecule has 0 spiro atoms. The molecular weight excluding hydrogens is 356 g/mol. The highest BCUT2D eigenvalue weighted by Gasteiger charge is 2.60. The highest BCUT2D eigenvalue weighted by molar-refractivity contribution is 6.08. The Hall–Kier alpha value is -3.43. The molecule has 2 saturated heterocycles. The lowest BCUT2D eigenvalue weighted by molar-refractivity contribution is -0.145. The summed E-state index contributed by atoms with van der Waals surface area (Å²) in [7, 11) is 0. The second-order valence-electron chi connectivity index (χ2n) is 6.97. The number of fused-ring (bicyclic) bond motifs is 1. The van der Waals surface area contributed by atoms with Gasteiger partial charge >= 0.3 is 5.97 Å². The summed E-state index contributed by atoms with van der Waals surface area (Å²) in [6.45, 7) is -0.142. The first kappa shape index (κ1) is 18.0. The number of rotatable bonds is 4. The minimum Gasteiger partial charge on any atom is -0.480 e. The van der Waals surface area contributed by atoms with Crippen LogP contribution in [0.4, 0.5) is 0 Å². The molecule has 2 aliphatic heterocycles. The Morgan fingerprint density at radius 2 is 1.61 bits per heavy atom. The Balaban J connectivity index is 1.68. The van der Waals surface area contributed by atoms with E-state index in [1.807, 2.05) is 54.6 Å². The summed E-state index contributed by atoms with van der Waals surface area (Å²) >= 11 is 0. The molecule has 4 unspecified atom stereocenters. The van der Waals surface area contributed by atoms with Crippen molar-refractivity contribution in [3.63, 3.8) is 0 Å². The normalized spacial score (nSPS) is 26.2. The summed E-state index contributed by atoms with van der Waals surface area (Å²) < 4.78 is 0. The molecule has 4 atom stereocenters. The third-order valence-electron chi connectivity index (χ3n) is 5.46. The number of carbonyl (C=O) groups is 3. The van der Waals surface area contributed by atoms with Crippen molar-refractivity contribution >= 4 is 17.8 Å². The molecule has 0 aliphatic carbocycles. The number of aliphatic carboxylic acids is 1. The van der Waals surface area contributed by atoms with Gasteiger partial charge < -0.3 is 5.11 Å². The van der Waals surface area contributed by atoms with Gasteiger partial charge in [-0.15, -0.1) is 6.42 Å². The smallest absolute Gasteiger partial charge is 0.321 e. The van der Waals surface area contributed by atoms with E-state index in [4.69, 9.17) is 6.42 Å². The molecule has 2 heterocycles. The van der Waals surface area contributed by atoms with Crippen LogP contribution < -0.4 is 5.32 Å². The predicted molar refractivity (Wildman–Crippen MR) is 102 cm³/mol. The van der Waals surface area contributed by atoms with Crippen LogP contribution in [0.15, 0.2) is 54.6 Å². The summed E-state index contributed by atoms with van der Waals surface area (Å²) in [5, 5.41) is 12.5. The van der Waals surface area contributed by atoms with Crippen LogP contribution in [0.1, 0.15) is 11.6 Å². The maximum Gasteiger partial charge on any atom is 0.321 e. The van der Waals surface area contributed by atoms with Crippen molar-refractivity contribution in [1.82, 2.24) is 10.2 Å². The summed E-state index contributed by atoms with van der Waals surface area (Å²) in [6, 6.07) is 15.7. The molecule has 140 valence electrons. The van der Waals surface area contributed by atoms with E-state index in [0.717, 1.165) is 21.6 Å². The zero-order valence-corrected chi connectivity index (χ0v) is 14.9. The van der Waals surface area contributed by atoms with Crippen LogP contribution >= 0.6 is 0 Å². The van der Waals surface area contributed by atoms with Gasteiger partial charge in [0.15, 0.2) is 0 Å². The number of carboxylic acid groups (broad SMARTS) is 1. The van der Waals surface area contributed by atoms with Crippen molar-refractivity contribution in [1.29, 1.82) is 0 Å². The van der Waals surface area contributed by atoms with Crippen molar-refractivity contribution in [2.24, 2.45) is 11.8 Å². The van der Waals surface area contributed by atoms with Gasteiger partial charge in [-0.1, -0.05) is 60.5 Å². The Bertz CT molecular complexity index is 978. The molecule has 2 aliphatic rings. The van der Waals surface area contributed by atoms with Crippen LogP contribution in [-0.4, -0.2) is 40.4 Å². The van der Waals surface area contributed by atoms with Crippen molar-refractivity contribution in [3.05, 3.63) is 60.2 Å². The number of amides is 2. The molecule has 6 heteroatoms. The van der Waals surface area contributed by atoms with E-state index in [-0.39, 0.29) is 6.54 Å². The lowest BCUT2D eigenvalue weighted by Gasteiger charge is -2.20. The van der Waals surface area contributed by atoms with Crippen molar-refractivity contribution in [2.45, 2.75) is 12.1 Å². The zero-order valence-electron chi connectivity index (χ0n) is 14.9. The lowest BCUT2D eigenvalue weighted by atomic mass is 9.86.